The van der Waals surface area contributed by atoms with Gasteiger partial charge < -0.3 is 15.0 Å². The summed E-state index contributed by atoms with van der Waals surface area (Å²) in [5, 5.41) is 10.3. The number of aryl methyl sites for hydroxylation is 1. The van der Waals surface area contributed by atoms with Gasteiger partial charge in [0.1, 0.15) is 11.9 Å². The number of nitrogens with one attached hydrogen (secondary N) is 2. The Balaban J connectivity index is 1.30. The molecular weight excluding hydrogens is 356 g/mol. The lowest BCUT2D eigenvalue weighted by atomic mass is 10.1. The Morgan fingerprint density at radius 1 is 1.14 bits per heavy atom. The van der Waals surface area contributed by atoms with Crippen LogP contribution in [0.15, 0.2) is 48.7 Å². The highest BCUT2D eigenvalue weighted by molar-refractivity contribution is 6.39. The molecule has 0 spiro atoms. The first-order valence-electron chi connectivity index (χ1n) is 9.35. The Kier molecular flexibility index (Phi) is 4.97. The summed E-state index contributed by atoms with van der Waals surface area (Å²) in [6.07, 6.45) is 3.13. The lowest BCUT2D eigenvalue weighted by Crippen LogP contribution is -2.46. The predicted molar refractivity (Wildman–Crippen MR) is 106 cm³/mol. The molecule has 28 heavy (non-hydrogen) atoms. The number of ether oxygens (including phenoxy) is 1. The molecule has 1 aliphatic rings. The van der Waals surface area contributed by atoms with Gasteiger partial charge in [-0.2, -0.15) is 5.10 Å². The highest BCUT2D eigenvalue weighted by atomic mass is 16.5. The maximum Gasteiger partial charge on any atom is 0.313 e. The fraction of sp³-hybridized carbons (Fsp3) is 0.286. The Labute approximate surface area is 162 Å². The summed E-state index contributed by atoms with van der Waals surface area (Å²) >= 11 is 0. The topological polar surface area (TPSA) is 87.3 Å². The molecule has 1 fully saturated rings. The van der Waals surface area contributed by atoms with Gasteiger partial charge in [-0.15, -0.1) is 0 Å². The zero-order valence-electron chi connectivity index (χ0n) is 15.6. The van der Waals surface area contributed by atoms with Crippen molar-refractivity contribution in [3.8, 4) is 5.75 Å². The van der Waals surface area contributed by atoms with Gasteiger partial charge in [-0.1, -0.05) is 17.7 Å². The molecule has 1 aromatic heterocycles. The molecule has 0 aliphatic carbocycles. The van der Waals surface area contributed by atoms with E-state index in [2.05, 4.69) is 15.5 Å². The molecule has 1 saturated heterocycles. The fourth-order valence-electron chi connectivity index (χ4n) is 3.33. The second kappa shape index (κ2) is 7.72. The van der Waals surface area contributed by atoms with Crippen molar-refractivity contribution in [2.24, 2.45) is 0 Å². The molecule has 0 radical (unpaired) electrons. The molecule has 144 valence electrons. The summed E-state index contributed by atoms with van der Waals surface area (Å²) in [5.41, 5.74) is 2.63. The molecule has 0 saturated carbocycles. The van der Waals surface area contributed by atoms with Crippen molar-refractivity contribution in [1.82, 2.24) is 15.1 Å². The molecule has 2 heterocycles. The van der Waals surface area contributed by atoms with E-state index in [9.17, 15) is 9.59 Å². The van der Waals surface area contributed by atoms with Crippen LogP contribution in [-0.2, 0) is 9.59 Å². The van der Waals surface area contributed by atoms with Crippen LogP contribution in [0.5, 0.6) is 5.75 Å². The summed E-state index contributed by atoms with van der Waals surface area (Å²) in [6.45, 7) is 3.04. The van der Waals surface area contributed by atoms with Crippen LogP contribution in [0, 0.1) is 6.92 Å². The number of carbonyl (C=O) groups excluding carboxylic acids is 2. The molecule has 2 amide bonds. The van der Waals surface area contributed by atoms with Crippen molar-refractivity contribution in [2.45, 2.75) is 25.9 Å². The van der Waals surface area contributed by atoms with Gasteiger partial charge in [-0.3, -0.25) is 14.7 Å². The number of anilines is 1. The van der Waals surface area contributed by atoms with Gasteiger partial charge in [0.15, 0.2) is 0 Å². The normalized spacial score (nSPS) is 14.8. The SMILES string of the molecule is Cc1ccc(OC2CCN(C(=O)C(=O)Nc3ccc4[nH]ncc4c3)CC2)cc1. The van der Waals surface area contributed by atoms with Gasteiger partial charge in [0.25, 0.3) is 0 Å². The van der Waals surface area contributed by atoms with E-state index in [4.69, 9.17) is 4.74 Å². The minimum absolute atomic E-state index is 0.0540. The number of carbonyl (C=O) groups is 2. The largest absolute Gasteiger partial charge is 0.490 e. The van der Waals surface area contributed by atoms with Crippen LogP contribution in [0.3, 0.4) is 0 Å². The average Bonchev–Trinajstić information content (AvgIpc) is 3.17. The number of aromatic nitrogens is 2. The molecule has 0 atom stereocenters. The number of amides is 2. The van der Waals surface area contributed by atoms with E-state index in [0.717, 1.165) is 16.7 Å². The molecule has 1 aliphatic heterocycles. The van der Waals surface area contributed by atoms with Crippen LogP contribution in [-0.4, -0.2) is 46.1 Å². The Bertz CT molecular complexity index is 988. The maximum atomic E-state index is 12.5. The van der Waals surface area contributed by atoms with Crippen molar-refractivity contribution < 1.29 is 14.3 Å². The molecule has 7 heteroatoms. The van der Waals surface area contributed by atoms with Crippen LogP contribution in [0.4, 0.5) is 5.69 Å². The van der Waals surface area contributed by atoms with Crippen molar-refractivity contribution >= 4 is 28.4 Å². The first-order chi connectivity index (χ1) is 13.6. The molecule has 0 unspecified atom stereocenters. The van der Waals surface area contributed by atoms with E-state index in [1.807, 2.05) is 37.3 Å². The predicted octanol–water partition coefficient (Wildman–Crippen LogP) is 2.88. The monoisotopic (exact) mass is 378 g/mol. The summed E-state index contributed by atoms with van der Waals surface area (Å²) in [7, 11) is 0. The first kappa shape index (κ1) is 18.0. The molecule has 0 bridgehead atoms. The van der Waals surface area contributed by atoms with E-state index >= 15 is 0 Å². The molecule has 4 rings (SSSR count). The van der Waals surface area contributed by atoms with E-state index in [1.54, 1.807) is 23.2 Å². The zero-order valence-corrected chi connectivity index (χ0v) is 15.6. The van der Waals surface area contributed by atoms with Gasteiger partial charge >= 0.3 is 11.8 Å². The lowest BCUT2D eigenvalue weighted by Gasteiger charge is -2.31. The van der Waals surface area contributed by atoms with Gasteiger partial charge in [0.2, 0.25) is 0 Å². The van der Waals surface area contributed by atoms with Crippen LogP contribution >= 0.6 is 0 Å². The first-order valence-corrected chi connectivity index (χ1v) is 9.35. The van der Waals surface area contributed by atoms with Crippen LogP contribution < -0.4 is 10.1 Å². The van der Waals surface area contributed by atoms with E-state index < -0.39 is 11.8 Å². The Hall–Kier alpha value is -3.35. The third-order valence-electron chi connectivity index (χ3n) is 4.95. The van der Waals surface area contributed by atoms with Crippen molar-refractivity contribution in [2.75, 3.05) is 18.4 Å². The Morgan fingerprint density at radius 2 is 1.89 bits per heavy atom. The third kappa shape index (κ3) is 3.98. The Morgan fingerprint density at radius 3 is 2.64 bits per heavy atom. The van der Waals surface area contributed by atoms with E-state index in [-0.39, 0.29) is 6.10 Å². The van der Waals surface area contributed by atoms with Gasteiger partial charge in [0, 0.05) is 37.0 Å². The quantitative estimate of drug-likeness (QED) is 0.686. The van der Waals surface area contributed by atoms with Gasteiger partial charge in [0.05, 0.1) is 11.7 Å². The standard InChI is InChI=1S/C21H22N4O3/c1-14-2-5-17(6-3-14)28-18-8-10-25(11-9-18)21(27)20(26)23-16-4-7-19-15(12-16)13-22-24-19/h2-7,12-13,18H,8-11H2,1H3,(H,22,24)(H,23,26). The number of rotatable bonds is 3. The summed E-state index contributed by atoms with van der Waals surface area (Å²) < 4.78 is 5.98. The van der Waals surface area contributed by atoms with Crippen molar-refractivity contribution in [3.63, 3.8) is 0 Å². The number of aromatic amines is 1. The van der Waals surface area contributed by atoms with Gasteiger partial charge in [-0.05, 0) is 37.3 Å². The number of nitrogens with zero attached hydrogens (tertiary/aromatic N) is 2. The second-order valence-corrected chi connectivity index (χ2v) is 7.05. The zero-order chi connectivity index (χ0) is 19.5. The van der Waals surface area contributed by atoms with Crippen LogP contribution in [0.1, 0.15) is 18.4 Å². The summed E-state index contributed by atoms with van der Waals surface area (Å²) in [4.78, 5) is 26.4. The van der Waals surface area contributed by atoms with E-state index in [1.165, 1.54) is 5.56 Å². The number of hydrogen-bond donors (Lipinski definition) is 2. The molecular formula is C21H22N4O3. The number of likely N-dealkylation sites (tertiary alicyclic amines) is 1. The highest BCUT2D eigenvalue weighted by Crippen LogP contribution is 2.20. The molecule has 3 aromatic rings. The molecule has 2 aromatic carbocycles. The minimum atomic E-state index is -0.624. The van der Waals surface area contributed by atoms with Crippen molar-refractivity contribution in [1.29, 1.82) is 0 Å². The maximum absolute atomic E-state index is 12.5. The smallest absolute Gasteiger partial charge is 0.313 e. The summed E-state index contributed by atoms with van der Waals surface area (Å²) in [5.74, 6) is -0.301. The van der Waals surface area contributed by atoms with Crippen LogP contribution in [0.25, 0.3) is 10.9 Å². The van der Waals surface area contributed by atoms with Crippen molar-refractivity contribution in [3.05, 3.63) is 54.2 Å². The number of fused-ring (bicyclic) bond motifs is 1. The van der Waals surface area contributed by atoms with Gasteiger partial charge in [-0.25, -0.2) is 0 Å². The summed E-state index contributed by atoms with van der Waals surface area (Å²) in [6, 6.07) is 13.3. The number of piperidine rings is 1. The second-order valence-electron chi connectivity index (χ2n) is 7.05. The highest BCUT2D eigenvalue weighted by Gasteiger charge is 2.28. The number of benzene rings is 2. The van der Waals surface area contributed by atoms with E-state index in [0.29, 0.717) is 31.6 Å². The lowest BCUT2D eigenvalue weighted by molar-refractivity contribution is -0.144. The van der Waals surface area contributed by atoms with Crippen LogP contribution in [0.2, 0.25) is 0 Å². The molecule has 2 N–H and O–H groups in total. The number of H-pyrrole nitrogens is 1. The third-order valence-corrected chi connectivity index (χ3v) is 4.95. The number of hydrogen-bond acceptors (Lipinski definition) is 4. The molecule has 7 nitrogen and oxygen atoms in total. The fourth-order valence-corrected chi connectivity index (χ4v) is 3.33. The average molecular weight is 378 g/mol. The minimum Gasteiger partial charge on any atom is -0.490 e.